The summed E-state index contributed by atoms with van der Waals surface area (Å²) in [5.41, 5.74) is 3.47. The lowest BCUT2D eigenvalue weighted by molar-refractivity contribution is -0.115. The lowest BCUT2D eigenvalue weighted by atomic mass is 10.2. The Hall–Kier alpha value is -2.77. The van der Waals surface area contributed by atoms with Gasteiger partial charge in [-0.3, -0.25) is 9.59 Å². The summed E-state index contributed by atoms with van der Waals surface area (Å²) in [7, 11) is 3.03. The van der Waals surface area contributed by atoms with Gasteiger partial charge >= 0.3 is 0 Å². The van der Waals surface area contributed by atoms with Crippen molar-refractivity contribution in [3.05, 3.63) is 52.0 Å². The first-order valence-corrected chi connectivity index (χ1v) is 8.90. The minimum absolute atomic E-state index is 0.0327. The molecule has 0 fully saturated rings. The van der Waals surface area contributed by atoms with Gasteiger partial charge in [0.25, 0.3) is 5.91 Å². The Morgan fingerprint density at radius 3 is 2.46 bits per heavy atom. The van der Waals surface area contributed by atoms with E-state index in [9.17, 15) is 9.59 Å². The molecule has 148 valence electrons. The number of amides is 2. The molecule has 9 heteroatoms. The van der Waals surface area contributed by atoms with Crippen LogP contribution in [0.4, 0.5) is 5.69 Å². The van der Waals surface area contributed by atoms with Gasteiger partial charge in [0.2, 0.25) is 5.91 Å². The summed E-state index contributed by atoms with van der Waals surface area (Å²) in [4.78, 5) is 24.4. The van der Waals surface area contributed by atoms with Crippen LogP contribution in [0.25, 0.3) is 0 Å². The van der Waals surface area contributed by atoms with Crippen LogP contribution < -0.4 is 20.2 Å². The fourth-order valence-electron chi connectivity index (χ4n) is 2.26. The number of carbonyl (C=O) groups is 2. The van der Waals surface area contributed by atoms with E-state index in [1.54, 1.807) is 31.2 Å². The Bertz CT molecular complexity index is 916. The Kier molecular flexibility index (Phi) is 7.66. The number of nitrogens with zero attached hydrogens (tertiary/aromatic N) is 1. The number of ether oxygens (including phenoxy) is 2. The molecular formula is C19H19Cl2N3O4. The number of hydrogen-bond acceptors (Lipinski definition) is 5. The Morgan fingerprint density at radius 1 is 1.07 bits per heavy atom. The van der Waals surface area contributed by atoms with E-state index in [-0.39, 0.29) is 22.9 Å². The van der Waals surface area contributed by atoms with Crippen molar-refractivity contribution in [1.29, 1.82) is 0 Å². The molecule has 2 amide bonds. The molecule has 0 aromatic heterocycles. The molecule has 2 aromatic rings. The van der Waals surface area contributed by atoms with Gasteiger partial charge in [-0.25, -0.2) is 5.43 Å². The van der Waals surface area contributed by atoms with E-state index in [0.29, 0.717) is 27.9 Å². The van der Waals surface area contributed by atoms with Crippen LogP contribution in [-0.4, -0.2) is 31.7 Å². The number of hydrazone groups is 1. The smallest absolute Gasteiger partial charge is 0.272 e. The number of nitrogens with one attached hydrogen (secondary N) is 2. The van der Waals surface area contributed by atoms with Crippen molar-refractivity contribution in [2.75, 3.05) is 19.5 Å². The van der Waals surface area contributed by atoms with E-state index in [0.717, 1.165) is 0 Å². The Labute approximate surface area is 172 Å². The molecule has 0 aliphatic heterocycles. The molecule has 2 rings (SSSR count). The van der Waals surface area contributed by atoms with Gasteiger partial charge in [-0.1, -0.05) is 23.2 Å². The van der Waals surface area contributed by atoms with Gasteiger partial charge in [-0.15, -0.1) is 0 Å². The van der Waals surface area contributed by atoms with Crippen LogP contribution in [0, 0.1) is 0 Å². The van der Waals surface area contributed by atoms with Crippen LogP contribution in [0.3, 0.4) is 0 Å². The molecule has 0 unspecified atom stereocenters. The zero-order chi connectivity index (χ0) is 20.7. The zero-order valence-electron chi connectivity index (χ0n) is 15.5. The fourth-order valence-corrected chi connectivity index (χ4v) is 2.75. The molecule has 2 aromatic carbocycles. The van der Waals surface area contributed by atoms with E-state index in [4.69, 9.17) is 32.7 Å². The average Bonchev–Trinajstić information content (AvgIpc) is 2.65. The summed E-state index contributed by atoms with van der Waals surface area (Å²) in [6.45, 7) is 1.62. The highest BCUT2D eigenvalue weighted by Crippen LogP contribution is 2.29. The standard InChI is InChI=1S/C19H19Cl2N3O4/c1-11(23-24-19(26)14-6-4-12(20)9-15(14)21)8-18(25)22-16-10-13(27-2)5-7-17(16)28-3/h4-7,9-10H,8H2,1-3H3,(H,22,25)(H,24,26)/b23-11+. The quantitative estimate of drug-likeness (QED) is 0.517. The SMILES string of the molecule is COc1ccc(OC)c(NC(=O)C/C(C)=N/NC(=O)c2ccc(Cl)cc2Cl)c1. The predicted molar refractivity (Wildman–Crippen MR) is 110 cm³/mol. The van der Waals surface area contributed by atoms with Crippen LogP contribution in [0.15, 0.2) is 41.5 Å². The Balaban J connectivity index is 1.99. The first kappa shape index (κ1) is 21.5. The summed E-state index contributed by atoms with van der Waals surface area (Å²) in [6.07, 6.45) is -0.0327. The van der Waals surface area contributed by atoms with Gasteiger partial charge in [-0.05, 0) is 37.3 Å². The summed E-state index contributed by atoms with van der Waals surface area (Å²) in [5, 5.41) is 7.29. The molecule has 0 spiro atoms. The third-order valence-electron chi connectivity index (χ3n) is 3.62. The van der Waals surface area contributed by atoms with E-state index in [2.05, 4.69) is 15.8 Å². The summed E-state index contributed by atoms with van der Waals surface area (Å²) in [5.74, 6) is 0.241. The highest BCUT2D eigenvalue weighted by molar-refractivity contribution is 6.36. The fraction of sp³-hybridized carbons (Fsp3) is 0.211. The number of benzene rings is 2. The molecular weight excluding hydrogens is 405 g/mol. The topological polar surface area (TPSA) is 89.0 Å². The molecule has 7 nitrogen and oxygen atoms in total. The summed E-state index contributed by atoms with van der Waals surface area (Å²) in [6, 6.07) is 9.56. The average molecular weight is 424 g/mol. The molecule has 0 heterocycles. The monoisotopic (exact) mass is 423 g/mol. The maximum absolute atomic E-state index is 12.3. The van der Waals surface area contributed by atoms with Crippen molar-refractivity contribution in [3.63, 3.8) is 0 Å². The number of halogens is 2. The van der Waals surface area contributed by atoms with E-state index in [1.807, 2.05) is 0 Å². The van der Waals surface area contributed by atoms with Crippen molar-refractivity contribution in [3.8, 4) is 11.5 Å². The number of carbonyl (C=O) groups excluding carboxylic acids is 2. The molecule has 0 bridgehead atoms. The van der Waals surface area contributed by atoms with Gasteiger partial charge in [-0.2, -0.15) is 5.10 Å². The minimum atomic E-state index is -0.504. The van der Waals surface area contributed by atoms with Crippen molar-refractivity contribution < 1.29 is 19.1 Å². The molecule has 0 aliphatic rings. The van der Waals surface area contributed by atoms with Crippen molar-refractivity contribution in [1.82, 2.24) is 5.43 Å². The second-order valence-corrected chi connectivity index (χ2v) is 6.55. The highest BCUT2D eigenvalue weighted by atomic mass is 35.5. The van der Waals surface area contributed by atoms with Gasteiger partial charge in [0, 0.05) is 16.8 Å². The second kappa shape index (κ2) is 9.96. The first-order chi connectivity index (χ1) is 13.3. The van der Waals surface area contributed by atoms with Crippen LogP contribution in [0.5, 0.6) is 11.5 Å². The predicted octanol–water partition coefficient (Wildman–Crippen LogP) is 4.15. The summed E-state index contributed by atoms with van der Waals surface area (Å²) < 4.78 is 10.4. The van der Waals surface area contributed by atoms with Crippen LogP contribution in [0.2, 0.25) is 10.0 Å². The van der Waals surface area contributed by atoms with Gasteiger partial charge in [0.1, 0.15) is 11.5 Å². The molecule has 0 radical (unpaired) electrons. The van der Waals surface area contributed by atoms with Crippen LogP contribution in [0.1, 0.15) is 23.7 Å². The van der Waals surface area contributed by atoms with E-state index in [1.165, 1.54) is 26.4 Å². The van der Waals surface area contributed by atoms with Gasteiger partial charge < -0.3 is 14.8 Å². The van der Waals surface area contributed by atoms with Crippen LogP contribution in [-0.2, 0) is 4.79 Å². The third-order valence-corrected chi connectivity index (χ3v) is 4.17. The largest absolute Gasteiger partial charge is 0.497 e. The lowest BCUT2D eigenvalue weighted by Crippen LogP contribution is -2.22. The van der Waals surface area contributed by atoms with Gasteiger partial charge in [0.05, 0.1) is 36.9 Å². The maximum atomic E-state index is 12.3. The number of anilines is 1. The summed E-state index contributed by atoms with van der Waals surface area (Å²) >= 11 is 11.8. The second-order valence-electron chi connectivity index (χ2n) is 5.70. The van der Waals surface area contributed by atoms with E-state index < -0.39 is 5.91 Å². The molecule has 0 saturated carbocycles. The normalized spacial score (nSPS) is 11.0. The minimum Gasteiger partial charge on any atom is -0.497 e. The zero-order valence-corrected chi connectivity index (χ0v) is 17.0. The van der Waals surface area contributed by atoms with Crippen molar-refractivity contribution in [2.45, 2.75) is 13.3 Å². The van der Waals surface area contributed by atoms with Crippen molar-refractivity contribution >= 4 is 46.4 Å². The Morgan fingerprint density at radius 2 is 1.82 bits per heavy atom. The van der Waals surface area contributed by atoms with Gasteiger partial charge in [0.15, 0.2) is 0 Å². The maximum Gasteiger partial charge on any atom is 0.272 e. The molecule has 2 N–H and O–H groups in total. The number of hydrogen-bond donors (Lipinski definition) is 2. The molecule has 0 atom stereocenters. The molecule has 28 heavy (non-hydrogen) atoms. The van der Waals surface area contributed by atoms with E-state index >= 15 is 0 Å². The molecule has 0 saturated heterocycles. The van der Waals surface area contributed by atoms with Crippen molar-refractivity contribution in [2.24, 2.45) is 5.10 Å². The van der Waals surface area contributed by atoms with Crippen LogP contribution >= 0.6 is 23.2 Å². The highest BCUT2D eigenvalue weighted by Gasteiger charge is 2.12. The number of methoxy groups -OCH3 is 2. The number of rotatable bonds is 7. The third kappa shape index (κ3) is 5.87. The first-order valence-electron chi connectivity index (χ1n) is 8.14. The lowest BCUT2D eigenvalue weighted by Gasteiger charge is -2.11. The molecule has 0 aliphatic carbocycles.